The Balaban J connectivity index is 2.10. The van der Waals surface area contributed by atoms with E-state index in [0.29, 0.717) is 12.3 Å². The average molecular weight is 238 g/mol. The molecule has 0 heterocycles. The van der Waals surface area contributed by atoms with Gasteiger partial charge in [-0.3, -0.25) is 9.59 Å². The number of carbonyl (C=O) groups is 2. The van der Waals surface area contributed by atoms with Gasteiger partial charge in [-0.1, -0.05) is 13.8 Å². The Bertz CT molecular complexity index is 362. The van der Waals surface area contributed by atoms with Crippen LogP contribution in [0.15, 0.2) is 0 Å². The van der Waals surface area contributed by atoms with Crippen molar-refractivity contribution >= 4 is 11.8 Å². The summed E-state index contributed by atoms with van der Waals surface area (Å²) in [5.41, 5.74) is -0.374. The second kappa shape index (κ2) is 3.56. The van der Waals surface area contributed by atoms with E-state index in [-0.39, 0.29) is 23.1 Å². The molecule has 0 spiro atoms. The van der Waals surface area contributed by atoms with Gasteiger partial charge in [0.1, 0.15) is 0 Å². The molecule has 2 aliphatic rings. The molecule has 17 heavy (non-hydrogen) atoms. The largest absolute Gasteiger partial charge is 0.454 e. The van der Waals surface area contributed by atoms with E-state index in [1.54, 1.807) is 0 Å². The lowest BCUT2D eigenvalue weighted by atomic mass is 9.94. The van der Waals surface area contributed by atoms with Crippen LogP contribution in [0.5, 0.6) is 0 Å². The third kappa shape index (κ3) is 2.00. The molecule has 0 bridgehead atoms. The summed E-state index contributed by atoms with van der Waals surface area (Å²) in [5, 5.41) is 0. The zero-order chi connectivity index (χ0) is 13.0. The van der Waals surface area contributed by atoms with Gasteiger partial charge < -0.3 is 4.74 Å². The number of ketones is 1. The molecular formula is C14H22O3. The summed E-state index contributed by atoms with van der Waals surface area (Å²) in [6, 6.07) is 0. The molecule has 0 radical (unpaired) electrons. The van der Waals surface area contributed by atoms with E-state index in [0.717, 1.165) is 6.42 Å². The Morgan fingerprint density at radius 3 is 2.47 bits per heavy atom. The summed E-state index contributed by atoms with van der Waals surface area (Å²) >= 11 is 0. The molecule has 96 valence electrons. The topological polar surface area (TPSA) is 43.4 Å². The number of rotatable bonds is 1. The van der Waals surface area contributed by atoms with Crippen molar-refractivity contribution in [1.29, 1.82) is 0 Å². The fourth-order valence-electron chi connectivity index (χ4n) is 3.01. The number of hydrogen-bond donors (Lipinski definition) is 0. The van der Waals surface area contributed by atoms with Crippen molar-refractivity contribution in [2.75, 3.05) is 0 Å². The van der Waals surface area contributed by atoms with Gasteiger partial charge in [0.05, 0.1) is 5.41 Å². The normalized spacial score (nSPS) is 35.1. The molecule has 2 unspecified atom stereocenters. The van der Waals surface area contributed by atoms with Crippen LogP contribution in [0.2, 0.25) is 0 Å². The number of Topliss-reactive ketones (excluding diaryl/α,β-unsaturated/α-hetero) is 1. The zero-order valence-electron chi connectivity index (χ0n) is 11.4. The Morgan fingerprint density at radius 1 is 1.35 bits per heavy atom. The summed E-state index contributed by atoms with van der Waals surface area (Å²) in [4.78, 5) is 23.8. The van der Waals surface area contributed by atoms with Crippen molar-refractivity contribution in [2.45, 2.75) is 53.6 Å². The quantitative estimate of drug-likeness (QED) is 0.659. The molecular weight excluding hydrogens is 216 g/mol. The third-order valence-electron chi connectivity index (χ3n) is 4.33. The molecule has 3 nitrogen and oxygen atoms in total. The molecule has 3 atom stereocenters. The lowest BCUT2D eigenvalue weighted by Crippen LogP contribution is -2.37. The molecule has 0 saturated heterocycles. The molecule has 0 aromatic heterocycles. The predicted molar refractivity (Wildman–Crippen MR) is 64.3 cm³/mol. The zero-order valence-corrected chi connectivity index (χ0v) is 11.4. The first-order valence-corrected chi connectivity index (χ1v) is 6.39. The van der Waals surface area contributed by atoms with Gasteiger partial charge in [-0.2, -0.15) is 0 Å². The summed E-state index contributed by atoms with van der Waals surface area (Å²) in [6.07, 6.45) is 1.03. The number of carbonyl (C=O) groups excluding carboxylic acids is 2. The Kier molecular flexibility index (Phi) is 2.64. The smallest absolute Gasteiger partial charge is 0.311 e. The molecule has 0 amide bonds. The fourth-order valence-corrected chi connectivity index (χ4v) is 3.01. The van der Waals surface area contributed by atoms with Crippen LogP contribution in [-0.2, 0) is 14.3 Å². The Hall–Kier alpha value is -0.860. The van der Waals surface area contributed by atoms with E-state index in [1.165, 1.54) is 0 Å². The van der Waals surface area contributed by atoms with Crippen LogP contribution in [-0.4, -0.2) is 17.9 Å². The molecule has 2 aliphatic carbocycles. The molecule has 0 aromatic carbocycles. The molecule has 2 rings (SSSR count). The second-order valence-electron chi connectivity index (χ2n) is 7.03. The third-order valence-corrected chi connectivity index (χ3v) is 4.33. The van der Waals surface area contributed by atoms with Gasteiger partial charge in [-0.15, -0.1) is 0 Å². The van der Waals surface area contributed by atoms with Gasteiger partial charge in [0.25, 0.3) is 0 Å². The van der Waals surface area contributed by atoms with Crippen LogP contribution in [0.25, 0.3) is 0 Å². The van der Waals surface area contributed by atoms with Crippen molar-refractivity contribution in [1.82, 2.24) is 0 Å². The van der Waals surface area contributed by atoms with E-state index in [2.05, 4.69) is 13.8 Å². The van der Waals surface area contributed by atoms with Gasteiger partial charge in [0.2, 0.25) is 0 Å². The van der Waals surface area contributed by atoms with Gasteiger partial charge in [-0.05, 0) is 38.5 Å². The molecule has 3 heteroatoms. The fraction of sp³-hybridized carbons (Fsp3) is 0.857. The van der Waals surface area contributed by atoms with Crippen LogP contribution < -0.4 is 0 Å². The highest BCUT2D eigenvalue weighted by Gasteiger charge is 2.65. The lowest BCUT2D eigenvalue weighted by Gasteiger charge is -2.25. The van der Waals surface area contributed by atoms with Crippen LogP contribution in [0.3, 0.4) is 0 Å². The highest BCUT2D eigenvalue weighted by Crippen LogP contribution is 2.64. The Morgan fingerprint density at radius 2 is 1.94 bits per heavy atom. The molecule has 0 N–H and O–H groups in total. The second-order valence-corrected chi connectivity index (χ2v) is 7.03. The van der Waals surface area contributed by atoms with Crippen LogP contribution in [0.4, 0.5) is 0 Å². The molecule has 0 aromatic rings. The maximum atomic E-state index is 11.9. The number of hydrogen-bond acceptors (Lipinski definition) is 3. The van der Waals surface area contributed by atoms with Gasteiger partial charge in [-0.25, -0.2) is 0 Å². The SMILES string of the molecule is CC(C)(C)C(=O)O[C@@H]1C(=O)CCC2C1C2(C)C. The van der Waals surface area contributed by atoms with E-state index in [9.17, 15) is 9.59 Å². The van der Waals surface area contributed by atoms with E-state index >= 15 is 0 Å². The van der Waals surface area contributed by atoms with E-state index in [1.807, 2.05) is 20.8 Å². The first kappa shape index (κ1) is 12.6. The summed E-state index contributed by atoms with van der Waals surface area (Å²) in [6.45, 7) is 9.78. The van der Waals surface area contributed by atoms with Crippen LogP contribution in [0, 0.1) is 22.7 Å². The van der Waals surface area contributed by atoms with Crippen molar-refractivity contribution in [3.63, 3.8) is 0 Å². The van der Waals surface area contributed by atoms with Gasteiger partial charge in [0, 0.05) is 12.3 Å². The van der Waals surface area contributed by atoms with Crippen molar-refractivity contribution in [3.05, 3.63) is 0 Å². The number of ether oxygens (including phenoxy) is 1. The van der Waals surface area contributed by atoms with Gasteiger partial charge in [0.15, 0.2) is 11.9 Å². The van der Waals surface area contributed by atoms with Gasteiger partial charge >= 0.3 is 5.97 Å². The minimum atomic E-state index is -0.535. The minimum absolute atomic E-state index is 0.106. The van der Waals surface area contributed by atoms with Crippen molar-refractivity contribution in [2.24, 2.45) is 22.7 Å². The van der Waals surface area contributed by atoms with Crippen molar-refractivity contribution < 1.29 is 14.3 Å². The minimum Gasteiger partial charge on any atom is -0.454 e. The average Bonchev–Trinajstić information content (AvgIpc) is 2.72. The lowest BCUT2D eigenvalue weighted by molar-refractivity contribution is -0.165. The first-order valence-electron chi connectivity index (χ1n) is 6.39. The first-order chi connectivity index (χ1) is 7.65. The van der Waals surface area contributed by atoms with Crippen LogP contribution in [0.1, 0.15) is 47.5 Å². The number of esters is 1. The standard InChI is InChI=1S/C14H22O3/c1-13(2,3)12(16)17-11-9(15)7-6-8-10(11)14(8,4)5/h8,10-11H,6-7H2,1-5H3/t8?,10?,11-/m1/s1. The predicted octanol–water partition coefficient (Wildman–Crippen LogP) is 2.58. The molecule has 2 fully saturated rings. The molecule has 2 saturated carbocycles. The monoisotopic (exact) mass is 238 g/mol. The molecule has 0 aliphatic heterocycles. The maximum absolute atomic E-state index is 11.9. The van der Waals surface area contributed by atoms with Crippen molar-refractivity contribution in [3.8, 4) is 0 Å². The van der Waals surface area contributed by atoms with E-state index < -0.39 is 11.5 Å². The maximum Gasteiger partial charge on any atom is 0.311 e. The Labute approximate surface area is 103 Å². The highest BCUT2D eigenvalue weighted by molar-refractivity contribution is 5.88. The number of fused-ring (bicyclic) bond motifs is 1. The highest BCUT2D eigenvalue weighted by atomic mass is 16.5. The van der Waals surface area contributed by atoms with Crippen LogP contribution >= 0.6 is 0 Å². The summed E-state index contributed by atoms with van der Waals surface area (Å²) < 4.78 is 5.47. The van der Waals surface area contributed by atoms with E-state index in [4.69, 9.17) is 4.74 Å². The summed E-state index contributed by atoms with van der Waals surface area (Å²) in [5.74, 6) is 0.640. The summed E-state index contributed by atoms with van der Waals surface area (Å²) in [7, 11) is 0.